The van der Waals surface area contributed by atoms with Crippen molar-refractivity contribution in [1.82, 2.24) is 0 Å². The lowest BCUT2D eigenvalue weighted by atomic mass is 10.1. The summed E-state index contributed by atoms with van der Waals surface area (Å²) in [6.45, 7) is 4.19. The van der Waals surface area contributed by atoms with Crippen molar-refractivity contribution in [3.63, 3.8) is 0 Å². The summed E-state index contributed by atoms with van der Waals surface area (Å²) in [6.07, 6.45) is 0.122. The molecule has 0 spiro atoms. The largest absolute Gasteiger partial charge is 0.352 e. The second-order valence-electron chi connectivity index (χ2n) is 5.51. The number of aryl methyl sites for hydroxylation is 1. The molecule has 0 radical (unpaired) electrons. The molecule has 2 aromatic rings. The molecule has 22 heavy (non-hydrogen) atoms. The average Bonchev–Trinajstić information content (AvgIpc) is 2.78. The summed E-state index contributed by atoms with van der Waals surface area (Å²) in [5.41, 5.74) is 5.09. The Balaban J connectivity index is 2.24. The van der Waals surface area contributed by atoms with Crippen molar-refractivity contribution in [1.29, 1.82) is 10.5 Å². The van der Waals surface area contributed by atoms with Gasteiger partial charge in [0, 0.05) is 12.7 Å². The van der Waals surface area contributed by atoms with Crippen LogP contribution in [0.3, 0.4) is 0 Å². The molecule has 1 atom stereocenters. The number of nitrogens with zero attached hydrogens (tertiary/aromatic N) is 4. The molecule has 0 amide bonds. The fourth-order valence-electron chi connectivity index (χ4n) is 2.98. The molecular weight excluding hydrogens is 272 g/mol. The van der Waals surface area contributed by atoms with Gasteiger partial charge < -0.3 is 9.80 Å². The van der Waals surface area contributed by atoms with Gasteiger partial charge in [-0.2, -0.15) is 10.5 Å². The highest BCUT2D eigenvalue weighted by atomic mass is 15.4. The van der Waals surface area contributed by atoms with Gasteiger partial charge in [-0.15, -0.1) is 0 Å². The van der Waals surface area contributed by atoms with Gasteiger partial charge >= 0.3 is 0 Å². The molecule has 2 aromatic carbocycles. The van der Waals surface area contributed by atoms with Crippen molar-refractivity contribution in [2.24, 2.45) is 0 Å². The lowest BCUT2D eigenvalue weighted by Crippen LogP contribution is -2.35. The summed E-state index contributed by atoms with van der Waals surface area (Å²) < 4.78 is 0. The van der Waals surface area contributed by atoms with Crippen molar-refractivity contribution in [2.75, 3.05) is 16.8 Å². The van der Waals surface area contributed by atoms with Gasteiger partial charge in [0.2, 0.25) is 0 Å². The zero-order valence-corrected chi connectivity index (χ0v) is 12.8. The first-order chi connectivity index (χ1) is 10.6. The van der Waals surface area contributed by atoms with Crippen LogP contribution < -0.4 is 9.80 Å². The first kappa shape index (κ1) is 14.0. The minimum atomic E-state index is 0.122. The number of nitriles is 2. The van der Waals surface area contributed by atoms with Gasteiger partial charge in [-0.3, -0.25) is 0 Å². The van der Waals surface area contributed by atoms with Gasteiger partial charge in [-0.05, 0) is 37.6 Å². The zero-order valence-electron chi connectivity index (χ0n) is 12.8. The van der Waals surface area contributed by atoms with E-state index < -0.39 is 0 Å². The Morgan fingerprint density at radius 3 is 2.14 bits per heavy atom. The molecule has 0 fully saturated rings. The normalized spacial score (nSPS) is 16.1. The van der Waals surface area contributed by atoms with E-state index in [4.69, 9.17) is 0 Å². The molecule has 0 unspecified atom stereocenters. The second kappa shape index (κ2) is 5.09. The van der Waals surface area contributed by atoms with E-state index in [1.807, 2.05) is 31.3 Å². The fourth-order valence-corrected chi connectivity index (χ4v) is 2.98. The number of fused-ring (bicyclic) bond motifs is 1. The van der Waals surface area contributed by atoms with E-state index in [1.165, 1.54) is 5.56 Å². The summed E-state index contributed by atoms with van der Waals surface area (Å²) in [7, 11) is 2.01. The SMILES string of the molecule is Cc1ccccc1N1c2cc(C#N)c(C#N)cc2N(C)[C@@H]1C. The van der Waals surface area contributed by atoms with Crippen molar-refractivity contribution in [3.05, 3.63) is 53.1 Å². The molecule has 3 rings (SSSR count). The highest BCUT2D eigenvalue weighted by molar-refractivity contribution is 5.86. The number of benzene rings is 2. The quantitative estimate of drug-likeness (QED) is 0.803. The van der Waals surface area contributed by atoms with Gasteiger partial charge in [0.1, 0.15) is 18.3 Å². The average molecular weight is 288 g/mol. The Bertz CT molecular complexity index is 826. The highest BCUT2D eigenvalue weighted by Gasteiger charge is 2.33. The van der Waals surface area contributed by atoms with Crippen LogP contribution in [0.2, 0.25) is 0 Å². The molecule has 0 saturated carbocycles. The van der Waals surface area contributed by atoms with Crippen LogP contribution in [0, 0.1) is 29.6 Å². The van der Waals surface area contributed by atoms with Crippen molar-refractivity contribution in [2.45, 2.75) is 20.0 Å². The molecule has 108 valence electrons. The summed E-state index contributed by atoms with van der Waals surface area (Å²) in [4.78, 5) is 4.34. The van der Waals surface area contributed by atoms with Crippen LogP contribution >= 0.6 is 0 Å². The molecule has 1 aliphatic heterocycles. The third-order valence-electron chi connectivity index (χ3n) is 4.30. The second-order valence-corrected chi connectivity index (χ2v) is 5.51. The Morgan fingerprint density at radius 2 is 1.55 bits per heavy atom. The molecular formula is C18H16N4. The number of anilines is 3. The van der Waals surface area contributed by atoms with Gasteiger partial charge in [-0.25, -0.2) is 0 Å². The third-order valence-corrected chi connectivity index (χ3v) is 4.30. The predicted molar refractivity (Wildman–Crippen MR) is 87.1 cm³/mol. The van der Waals surface area contributed by atoms with E-state index in [0.717, 1.165) is 17.1 Å². The Morgan fingerprint density at radius 1 is 0.955 bits per heavy atom. The molecule has 1 aliphatic rings. The van der Waals surface area contributed by atoms with E-state index in [-0.39, 0.29) is 6.17 Å². The van der Waals surface area contributed by atoms with Crippen LogP contribution in [0.15, 0.2) is 36.4 Å². The Kier molecular flexibility index (Phi) is 3.23. The lowest BCUT2D eigenvalue weighted by Gasteiger charge is -2.28. The number of hydrogen-bond acceptors (Lipinski definition) is 4. The van der Waals surface area contributed by atoms with E-state index in [9.17, 15) is 10.5 Å². The van der Waals surface area contributed by atoms with Crippen LogP contribution in [0.5, 0.6) is 0 Å². The first-order valence-electron chi connectivity index (χ1n) is 7.14. The summed E-state index contributed by atoms with van der Waals surface area (Å²) in [5, 5.41) is 18.5. The highest BCUT2D eigenvalue weighted by Crippen LogP contribution is 2.45. The first-order valence-corrected chi connectivity index (χ1v) is 7.14. The molecule has 0 aliphatic carbocycles. The van der Waals surface area contributed by atoms with Crippen LogP contribution in [0.4, 0.5) is 17.1 Å². The van der Waals surface area contributed by atoms with Crippen LogP contribution in [0.1, 0.15) is 23.6 Å². The maximum atomic E-state index is 9.29. The summed E-state index contributed by atoms with van der Waals surface area (Å²) in [5.74, 6) is 0. The van der Waals surface area contributed by atoms with Crippen LogP contribution in [0.25, 0.3) is 0 Å². The summed E-state index contributed by atoms with van der Waals surface area (Å²) in [6, 6.07) is 16.1. The molecule has 0 aromatic heterocycles. The minimum absolute atomic E-state index is 0.122. The number of para-hydroxylation sites is 1. The number of rotatable bonds is 1. The maximum absolute atomic E-state index is 9.29. The van der Waals surface area contributed by atoms with Gasteiger partial charge in [0.05, 0.1) is 22.5 Å². The Hall–Kier alpha value is -2.98. The van der Waals surface area contributed by atoms with Gasteiger partial charge in [-0.1, -0.05) is 18.2 Å². The predicted octanol–water partition coefficient (Wildman–Crippen LogP) is 3.67. The number of hydrogen-bond donors (Lipinski definition) is 0. The van der Waals surface area contributed by atoms with E-state index in [1.54, 1.807) is 0 Å². The van der Waals surface area contributed by atoms with Crippen molar-refractivity contribution < 1.29 is 0 Å². The van der Waals surface area contributed by atoms with Gasteiger partial charge in [0.25, 0.3) is 0 Å². The monoisotopic (exact) mass is 288 g/mol. The molecule has 4 heteroatoms. The minimum Gasteiger partial charge on any atom is -0.352 e. The maximum Gasteiger partial charge on any atom is 0.103 e. The zero-order chi connectivity index (χ0) is 15.9. The Labute approximate surface area is 130 Å². The fraction of sp³-hybridized carbons (Fsp3) is 0.222. The van der Waals surface area contributed by atoms with E-state index in [2.05, 4.69) is 47.9 Å². The molecule has 0 N–H and O–H groups in total. The van der Waals surface area contributed by atoms with Gasteiger partial charge in [0.15, 0.2) is 0 Å². The smallest absolute Gasteiger partial charge is 0.103 e. The molecule has 4 nitrogen and oxygen atoms in total. The van der Waals surface area contributed by atoms with Crippen LogP contribution in [-0.4, -0.2) is 13.2 Å². The van der Waals surface area contributed by atoms with E-state index >= 15 is 0 Å². The van der Waals surface area contributed by atoms with Crippen molar-refractivity contribution >= 4 is 17.1 Å². The van der Waals surface area contributed by atoms with E-state index in [0.29, 0.717) is 11.1 Å². The molecule has 0 bridgehead atoms. The standard InChI is InChI=1S/C18H16N4/c1-12-6-4-5-7-16(12)22-13(2)21(3)17-8-14(10-19)15(11-20)9-18(17)22/h4-9,13H,1-3H3/t13-/m0/s1. The molecule has 1 heterocycles. The third kappa shape index (κ3) is 1.89. The summed E-state index contributed by atoms with van der Waals surface area (Å²) >= 11 is 0. The topological polar surface area (TPSA) is 54.1 Å². The van der Waals surface area contributed by atoms with Crippen molar-refractivity contribution in [3.8, 4) is 12.1 Å². The lowest BCUT2D eigenvalue weighted by molar-refractivity contribution is 0.732. The molecule has 0 saturated heterocycles. The van der Waals surface area contributed by atoms with Crippen LogP contribution in [-0.2, 0) is 0 Å².